The Kier molecular flexibility index (Phi) is 5.65. The molecular formula is C21H18N2OS. The van der Waals surface area contributed by atoms with Crippen LogP contribution in [0.15, 0.2) is 89.9 Å². The van der Waals surface area contributed by atoms with Crippen LogP contribution in [0, 0.1) is 0 Å². The number of hydrogen-bond acceptors (Lipinski definition) is 3. The number of nitrogens with two attached hydrogens (primary N) is 1. The van der Waals surface area contributed by atoms with Gasteiger partial charge in [0, 0.05) is 5.56 Å². The Labute approximate surface area is 151 Å². The van der Waals surface area contributed by atoms with Crippen LogP contribution in [-0.2, 0) is 0 Å². The van der Waals surface area contributed by atoms with Gasteiger partial charge in [-0.3, -0.25) is 4.79 Å². The highest BCUT2D eigenvalue weighted by Gasteiger charge is 2.08. The molecule has 0 saturated heterocycles. The van der Waals surface area contributed by atoms with Crippen molar-refractivity contribution in [2.75, 3.05) is 5.75 Å². The zero-order valence-corrected chi connectivity index (χ0v) is 14.4. The maximum Gasteiger partial charge on any atom is 0.173 e. The molecule has 0 amide bonds. The fourth-order valence-corrected chi connectivity index (χ4v) is 2.98. The number of carbonyl (C=O) groups excluding carboxylic acids is 1. The Morgan fingerprint density at radius 2 is 1.36 bits per heavy atom. The first-order valence-electron chi connectivity index (χ1n) is 7.93. The van der Waals surface area contributed by atoms with Crippen LogP contribution >= 0.6 is 11.8 Å². The molecule has 124 valence electrons. The number of benzene rings is 3. The summed E-state index contributed by atoms with van der Waals surface area (Å²) < 4.78 is 0. The fraction of sp³-hybridized carbons (Fsp3) is 0.0476. The lowest BCUT2D eigenvalue weighted by Gasteiger charge is -2.04. The van der Waals surface area contributed by atoms with Crippen molar-refractivity contribution in [3.05, 3.63) is 90.5 Å². The van der Waals surface area contributed by atoms with Crippen molar-refractivity contribution in [2.45, 2.75) is 0 Å². The fourth-order valence-electron chi connectivity index (χ4n) is 2.36. The lowest BCUT2D eigenvalue weighted by Crippen LogP contribution is -2.11. The summed E-state index contributed by atoms with van der Waals surface area (Å²) in [6.07, 6.45) is 0. The molecule has 3 aromatic carbocycles. The highest BCUT2D eigenvalue weighted by atomic mass is 32.2. The van der Waals surface area contributed by atoms with Gasteiger partial charge in [0.05, 0.1) is 11.4 Å². The van der Waals surface area contributed by atoms with Gasteiger partial charge in [-0.25, -0.2) is 4.99 Å². The first-order valence-corrected chi connectivity index (χ1v) is 8.91. The summed E-state index contributed by atoms with van der Waals surface area (Å²) in [6, 6.07) is 27.2. The number of thioether (sulfide) groups is 1. The summed E-state index contributed by atoms with van der Waals surface area (Å²) in [7, 11) is 0. The Morgan fingerprint density at radius 1 is 0.800 bits per heavy atom. The zero-order valence-electron chi connectivity index (χ0n) is 13.6. The molecule has 0 aromatic heterocycles. The number of amidine groups is 1. The molecule has 4 heteroatoms. The monoisotopic (exact) mass is 346 g/mol. The molecule has 25 heavy (non-hydrogen) atoms. The first-order chi connectivity index (χ1) is 12.2. The van der Waals surface area contributed by atoms with Gasteiger partial charge in [0.15, 0.2) is 11.0 Å². The number of carbonyl (C=O) groups is 1. The normalized spacial score (nSPS) is 11.3. The van der Waals surface area contributed by atoms with E-state index in [1.165, 1.54) is 11.8 Å². The van der Waals surface area contributed by atoms with Gasteiger partial charge in [-0.2, -0.15) is 0 Å². The van der Waals surface area contributed by atoms with Crippen LogP contribution in [0.3, 0.4) is 0 Å². The van der Waals surface area contributed by atoms with Crippen molar-refractivity contribution in [3.8, 4) is 11.1 Å². The van der Waals surface area contributed by atoms with Gasteiger partial charge in [-0.15, -0.1) is 0 Å². The number of rotatable bonds is 5. The smallest absolute Gasteiger partial charge is 0.173 e. The quantitative estimate of drug-likeness (QED) is 0.405. The van der Waals surface area contributed by atoms with E-state index in [0.29, 0.717) is 10.7 Å². The number of aliphatic imine (C=N–C) groups is 1. The molecule has 0 aliphatic carbocycles. The molecule has 3 aromatic rings. The summed E-state index contributed by atoms with van der Waals surface area (Å²) in [5.41, 5.74) is 9.58. The van der Waals surface area contributed by atoms with Crippen molar-refractivity contribution < 1.29 is 4.79 Å². The van der Waals surface area contributed by atoms with Gasteiger partial charge in [0.2, 0.25) is 0 Å². The van der Waals surface area contributed by atoms with Gasteiger partial charge < -0.3 is 5.73 Å². The lowest BCUT2D eigenvalue weighted by atomic mass is 10.0. The number of nitrogens with zero attached hydrogens (tertiary/aromatic N) is 1. The number of Topliss-reactive ketones (excluding diaryl/α,β-unsaturated/α-hetero) is 1. The molecule has 0 fully saturated rings. The molecule has 0 radical (unpaired) electrons. The number of para-hydroxylation sites is 1. The Hall–Kier alpha value is -2.85. The summed E-state index contributed by atoms with van der Waals surface area (Å²) in [4.78, 5) is 16.6. The second kappa shape index (κ2) is 8.31. The van der Waals surface area contributed by atoms with Gasteiger partial charge in [-0.05, 0) is 23.3 Å². The molecular weight excluding hydrogens is 328 g/mol. The molecule has 0 atom stereocenters. The van der Waals surface area contributed by atoms with Crippen LogP contribution in [0.2, 0.25) is 0 Å². The van der Waals surface area contributed by atoms with Crippen LogP contribution in [0.4, 0.5) is 5.69 Å². The average molecular weight is 346 g/mol. The van der Waals surface area contributed by atoms with E-state index in [4.69, 9.17) is 5.73 Å². The summed E-state index contributed by atoms with van der Waals surface area (Å²) in [6.45, 7) is 0. The predicted molar refractivity (Wildman–Crippen MR) is 106 cm³/mol. The van der Waals surface area contributed by atoms with Crippen LogP contribution in [-0.4, -0.2) is 16.7 Å². The van der Waals surface area contributed by atoms with E-state index < -0.39 is 0 Å². The summed E-state index contributed by atoms with van der Waals surface area (Å²) in [5.74, 6) is 0.308. The summed E-state index contributed by atoms with van der Waals surface area (Å²) in [5, 5.41) is 0.389. The van der Waals surface area contributed by atoms with E-state index in [0.717, 1.165) is 16.8 Å². The van der Waals surface area contributed by atoms with Crippen LogP contribution < -0.4 is 5.73 Å². The minimum atomic E-state index is 0.0378. The van der Waals surface area contributed by atoms with Crippen molar-refractivity contribution in [3.63, 3.8) is 0 Å². The molecule has 0 unspecified atom stereocenters. The van der Waals surface area contributed by atoms with Gasteiger partial charge in [-0.1, -0.05) is 84.6 Å². The second-order valence-electron chi connectivity index (χ2n) is 5.44. The second-order valence-corrected chi connectivity index (χ2v) is 6.44. The third-order valence-electron chi connectivity index (χ3n) is 3.66. The molecule has 0 aliphatic heterocycles. The van der Waals surface area contributed by atoms with Crippen molar-refractivity contribution in [1.29, 1.82) is 0 Å². The maximum absolute atomic E-state index is 12.3. The number of ketones is 1. The highest BCUT2D eigenvalue weighted by Crippen LogP contribution is 2.20. The SMILES string of the molecule is NC(=Nc1ccccc1)SCC(=O)c1ccc(-c2ccccc2)cc1. The molecule has 0 bridgehead atoms. The predicted octanol–water partition coefficient (Wildman–Crippen LogP) is 4.92. The molecule has 3 nitrogen and oxygen atoms in total. The minimum absolute atomic E-state index is 0.0378. The Morgan fingerprint density at radius 3 is 2.00 bits per heavy atom. The molecule has 0 saturated carbocycles. The van der Waals surface area contributed by atoms with Crippen LogP contribution in [0.5, 0.6) is 0 Å². The van der Waals surface area contributed by atoms with Crippen LogP contribution in [0.25, 0.3) is 11.1 Å². The molecule has 0 heterocycles. The Balaban J connectivity index is 1.61. The zero-order chi connectivity index (χ0) is 17.5. The van der Waals surface area contributed by atoms with E-state index in [1.807, 2.05) is 84.9 Å². The Bertz CT molecular complexity index is 859. The van der Waals surface area contributed by atoms with Crippen molar-refractivity contribution in [2.24, 2.45) is 10.7 Å². The molecule has 0 aliphatic rings. The third kappa shape index (κ3) is 4.81. The van der Waals surface area contributed by atoms with E-state index in [1.54, 1.807) is 0 Å². The minimum Gasteiger partial charge on any atom is -0.378 e. The van der Waals surface area contributed by atoms with Gasteiger partial charge in [0.25, 0.3) is 0 Å². The van der Waals surface area contributed by atoms with E-state index in [2.05, 4.69) is 4.99 Å². The first kappa shape index (κ1) is 17.0. The van der Waals surface area contributed by atoms with Gasteiger partial charge in [0.1, 0.15) is 0 Å². The topological polar surface area (TPSA) is 55.4 Å². The summed E-state index contributed by atoms with van der Waals surface area (Å²) >= 11 is 1.25. The van der Waals surface area contributed by atoms with E-state index >= 15 is 0 Å². The van der Waals surface area contributed by atoms with Crippen molar-refractivity contribution >= 4 is 28.4 Å². The highest BCUT2D eigenvalue weighted by molar-refractivity contribution is 8.14. The maximum atomic E-state index is 12.3. The van der Waals surface area contributed by atoms with Crippen molar-refractivity contribution in [1.82, 2.24) is 0 Å². The van der Waals surface area contributed by atoms with E-state index in [9.17, 15) is 4.79 Å². The standard InChI is InChI=1S/C21H18N2OS/c22-21(23-19-9-5-2-6-10-19)25-15-20(24)18-13-11-17(12-14-18)16-7-3-1-4-8-16/h1-14H,15H2,(H2,22,23). The van der Waals surface area contributed by atoms with E-state index in [-0.39, 0.29) is 11.5 Å². The lowest BCUT2D eigenvalue weighted by molar-refractivity contribution is 0.102. The average Bonchev–Trinajstić information content (AvgIpc) is 2.68. The van der Waals surface area contributed by atoms with Crippen LogP contribution in [0.1, 0.15) is 10.4 Å². The molecule has 0 spiro atoms. The molecule has 3 rings (SSSR count). The van der Waals surface area contributed by atoms with Gasteiger partial charge >= 0.3 is 0 Å². The number of hydrogen-bond donors (Lipinski definition) is 1. The third-order valence-corrected chi connectivity index (χ3v) is 4.45. The largest absolute Gasteiger partial charge is 0.378 e. The molecule has 2 N–H and O–H groups in total.